The van der Waals surface area contributed by atoms with Crippen molar-refractivity contribution in [1.29, 1.82) is 0 Å². The van der Waals surface area contributed by atoms with E-state index in [1.165, 1.54) is 29.0 Å². The van der Waals surface area contributed by atoms with Crippen LogP contribution in [0, 0.1) is 5.41 Å². The molecule has 0 saturated heterocycles. The van der Waals surface area contributed by atoms with Crippen molar-refractivity contribution in [2.24, 2.45) is 5.41 Å². The van der Waals surface area contributed by atoms with Gasteiger partial charge in [0.15, 0.2) is 0 Å². The molecule has 1 aliphatic carbocycles. The molecule has 1 N–H and O–H groups in total. The van der Waals surface area contributed by atoms with Crippen LogP contribution >= 0.6 is 11.3 Å². The lowest BCUT2D eigenvalue weighted by molar-refractivity contribution is 0.364. The van der Waals surface area contributed by atoms with Crippen LogP contribution in [0.3, 0.4) is 0 Å². The van der Waals surface area contributed by atoms with Crippen molar-refractivity contribution in [3.05, 3.63) is 29.3 Å². The molecule has 3 rings (SSSR count). The molecule has 0 amide bonds. The maximum atomic E-state index is 4.67. The SMILES string of the molecule is CC1(C)CCC(NCc2nc3ccccc3s2)C1. The van der Waals surface area contributed by atoms with E-state index in [1.54, 1.807) is 11.3 Å². The fraction of sp³-hybridized carbons (Fsp3) is 0.533. The molecule has 0 aliphatic heterocycles. The number of benzene rings is 1. The molecule has 1 heterocycles. The van der Waals surface area contributed by atoms with Gasteiger partial charge in [-0.3, -0.25) is 0 Å². The zero-order valence-electron chi connectivity index (χ0n) is 11.1. The van der Waals surface area contributed by atoms with Crippen molar-refractivity contribution in [3.63, 3.8) is 0 Å². The molecule has 1 aliphatic rings. The van der Waals surface area contributed by atoms with E-state index in [0.29, 0.717) is 11.5 Å². The van der Waals surface area contributed by atoms with Crippen LogP contribution in [-0.4, -0.2) is 11.0 Å². The lowest BCUT2D eigenvalue weighted by Crippen LogP contribution is -2.26. The number of para-hydroxylation sites is 1. The highest BCUT2D eigenvalue weighted by Crippen LogP contribution is 2.37. The van der Waals surface area contributed by atoms with Gasteiger partial charge in [0.25, 0.3) is 0 Å². The van der Waals surface area contributed by atoms with Crippen LogP contribution in [0.2, 0.25) is 0 Å². The molecule has 1 unspecified atom stereocenters. The van der Waals surface area contributed by atoms with Crippen LogP contribution in [0.1, 0.15) is 38.1 Å². The van der Waals surface area contributed by atoms with Crippen molar-refractivity contribution in [2.45, 2.75) is 45.7 Å². The Morgan fingerprint density at radius 1 is 1.39 bits per heavy atom. The van der Waals surface area contributed by atoms with Gasteiger partial charge in [0.2, 0.25) is 0 Å². The quantitative estimate of drug-likeness (QED) is 0.903. The van der Waals surface area contributed by atoms with Crippen molar-refractivity contribution in [1.82, 2.24) is 10.3 Å². The second-order valence-electron chi connectivity index (χ2n) is 6.06. The number of aromatic nitrogens is 1. The molecule has 96 valence electrons. The molecule has 3 heteroatoms. The lowest BCUT2D eigenvalue weighted by Gasteiger charge is -2.17. The zero-order chi connectivity index (χ0) is 12.6. The van der Waals surface area contributed by atoms with Gasteiger partial charge in [0.05, 0.1) is 10.2 Å². The highest BCUT2D eigenvalue weighted by molar-refractivity contribution is 7.18. The average Bonchev–Trinajstić information content (AvgIpc) is 2.89. The summed E-state index contributed by atoms with van der Waals surface area (Å²) in [6.45, 7) is 5.65. The van der Waals surface area contributed by atoms with Gasteiger partial charge in [0.1, 0.15) is 5.01 Å². The third kappa shape index (κ3) is 2.57. The van der Waals surface area contributed by atoms with E-state index < -0.39 is 0 Å². The molecule has 18 heavy (non-hydrogen) atoms. The molecular weight excluding hydrogens is 240 g/mol. The first-order valence-corrected chi connectivity index (χ1v) is 7.52. The fourth-order valence-corrected chi connectivity index (χ4v) is 3.76. The maximum absolute atomic E-state index is 4.67. The first-order chi connectivity index (χ1) is 8.62. The number of hydrogen-bond acceptors (Lipinski definition) is 3. The molecule has 1 aromatic carbocycles. The Morgan fingerprint density at radius 3 is 2.94 bits per heavy atom. The smallest absolute Gasteiger partial charge is 0.108 e. The van der Waals surface area contributed by atoms with E-state index in [2.05, 4.69) is 48.4 Å². The number of thiazole rings is 1. The largest absolute Gasteiger partial charge is 0.308 e. The van der Waals surface area contributed by atoms with E-state index in [9.17, 15) is 0 Å². The van der Waals surface area contributed by atoms with Gasteiger partial charge in [-0.05, 0) is 36.8 Å². The molecule has 2 nitrogen and oxygen atoms in total. The van der Waals surface area contributed by atoms with Gasteiger partial charge in [-0.25, -0.2) is 4.98 Å². The van der Waals surface area contributed by atoms with Gasteiger partial charge in [0, 0.05) is 12.6 Å². The highest BCUT2D eigenvalue weighted by Gasteiger charge is 2.30. The molecule has 1 saturated carbocycles. The lowest BCUT2D eigenvalue weighted by atomic mass is 9.92. The number of nitrogens with zero attached hydrogens (tertiary/aromatic N) is 1. The average molecular weight is 260 g/mol. The number of fused-ring (bicyclic) bond motifs is 1. The van der Waals surface area contributed by atoms with Crippen LogP contribution in [0.5, 0.6) is 0 Å². The first kappa shape index (κ1) is 12.1. The van der Waals surface area contributed by atoms with Crippen LogP contribution in [0.15, 0.2) is 24.3 Å². The summed E-state index contributed by atoms with van der Waals surface area (Å²) in [5.41, 5.74) is 1.65. The first-order valence-electron chi connectivity index (χ1n) is 6.70. The molecule has 0 radical (unpaired) electrons. The van der Waals surface area contributed by atoms with Gasteiger partial charge < -0.3 is 5.32 Å². The Balaban J connectivity index is 1.63. The summed E-state index contributed by atoms with van der Waals surface area (Å²) in [6, 6.07) is 9.05. The summed E-state index contributed by atoms with van der Waals surface area (Å²) in [6.07, 6.45) is 3.93. The van der Waals surface area contributed by atoms with Crippen LogP contribution < -0.4 is 5.32 Å². The summed E-state index contributed by atoms with van der Waals surface area (Å²) in [5, 5.41) is 4.87. The Bertz CT molecular complexity index is 511. The summed E-state index contributed by atoms with van der Waals surface area (Å²) >= 11 is 1.81. The fourth-order valence-electron chi connectivity index (χ4n) is 2.84. The molecule has 1 aromatic heterocycles. The Labute approximate surface area is 112 Å². The van der Waals surface area contributed by atoms with Crippen molar-refractivity contribution >= 4 is 21.6 Å². The van der Waals surface area contributed by atoms with E-state index in [-0.39, 0.29) is 0 Å². The number of nitrogens with one attached hydrogen (secondary N) is 1. The summed E-state index contributed by atoms with van der Waals surface area (Å²) in [5.74, 6) is 0. The van der Waals surface area contributed by atoms with E-state index >= 15 is 0 Å². The van der Waals surface area contributed by atoms with E-state index in [1.807, 2.05) is 0 Å². The minimum Gasteiger partial charge on any atom is -0.308 e. The minimum absolute atomic E-state index is 0.519. The van der Waals surface area contributed by atoms with Crippen molar-refractivity contribution in [3.8, 4) is 0 Å². The van der Waals surface area contributed by atoms with Crippen molar-refractivity contribution in [2.75, 3.05) is 0 Å². The molecule has 0 spiro atoms. The predicted molar refractivity (Wildman–Crippen MR) is 77.9 cm³/mol. The van der Waals surface area contributed by atoms with Gasteiger partial charge in [-0.2, -0.15) is 0 Å². The van der Waals surface area contributed by atoms with Gasteiger partial charge in [-0.15, -0.1) is 11.3 Å². The Morgan fingerprint density at radius 2 is 2.22 bits per heavy atom. The van der Waals surface area contributed by atoms with Crippen LogP contribution in [0.25, 0.3) is 10.2 Å². The van der Waals surface area contributed by atoms with Gasteiger partial charge >= 0.3 is 0 Å². The number of hydrogen-bond donors (Lipinski definition) is 1. The van der Waals surface area contributed by atoms with E-state index in [0.717, 1.165) is 12.1 Å². The van der Waals surface area contributed by atoms with Crippen LogP contribution in [-0.2, 0) is 6.54 Å². The van der Waals surface area contributed by atoms with Crippen LogP contribution in [0.4, 0.5) is 0 Å². The summed E-state index contributed by atoms with van der Waals surface area (Å²) in [4.78, 5) is 4.67. The number of rotatable bonds is 3. The molecule has 0 bridgehead atoms. The summed E-state index contributed by atoms with van der Waals surface area (Å²) in [7, 11) is 0. The Kier molecular flexibility index (Phi) is 3.12. The third-order valence-corrected chi connectivity index (χ3v) is 4.89. The normalized spacial score (nSPS) is 22.7. The molecule has 2 aromatic rings. The predicted octanol–water partition coefficient (Wildman–Crippen LogP) is 3.96. The Hall–Kier alpha value is -0.930. The molecule has 1 fully saturated rings. The molecule has 1 atom stereocenters. The highest BCUT2D eigenvalue weighted by atomic mass is 32.1. The second kappa shape index (κ2) is 4.63. The third-order valence-electron chi connectivity index (χ3n) is 3.85. The molecular formula is C15H20N2S. The standard InChI is InChI=1S/C15H20N2S/c1-15(2)8-7-11(9-15)16-10-14-17-12-5-3-4-6-13(12)18-14/h3-6,11,16H,7-10H2,1-2H3. The van der Waals surface area contributed by atoms with Gasteiger partial charge in [-0.1, -0.05) is 26.0 Å². The second-order valence-corrected chi connectivity index (χ2v) is 7.18. The zero-order valence-corrected chi connectivity index (χ0v) is 11.9. The minimum atomic E-state index is 0.519. The van der Waals surface area contributed by atoms with E-state index in [4.69, 9.17) is 0 Å². The monoisotopic (exact) mass is 260 g/mol. The topological polar surface area (TPSA) is 24.9 Å². The summed E-state index contributed by atoms with van der Waals surface area (Å²) < 4.78 is 1.29. The van der Waals surface area contributed by atoms with Crippen molar-refractivity contribution < 1.29 is 0 Å². The maximum Gasteiger partial charge on any atom is 0.108 e.